The van der Waals surface area contributed by atoms with Crippen molar-refractivity contribution in [3.05, 3.63) is 39.9 Å². The molecular formula is C14H21N3O3. The van der Waals surface area contributed by atoms with Crippen molar-refractivity contribution < 1.29 is 9.72 Å². The zero-order valence-corrected chi connectivity index (χ0v) is 12.1. The lowest BCUT2D eigenvalue weighted by molar-refractivity contribution is -0.384. The van der Waals surface area contributed by atoms with E-state index in [1.54, 1.807) is 19.2 Å². The Morgan fingerprint density at radius 3 is 2.40 bits per heavy atom. The van der Waals surface area contributed by atoms with Gasteiger partial charge in [0.2, 0.25) is 5.91 Å². The van der Waals surface area contributed by atoms with Gasteiger partial charge in [-0.1, -0.05) is 12.1 Å². The molecule has 1 amide bonds. The van der Waals surface area contributed by atoms with E-state index in [2.05, 4.69) is 10.6 Å². The highest BCUT2D eigenvalue weighted by Gasteiger charge is 2.25. The van der Waals surface area contributed by atoms with Crippen molar-refractivity contribution >= 4 is 11.6 Å². The second kappa shape index (κ2) is 7.00. The van der Waals surface area contributed by atoms with Gasteiger partial charge < -0.3 is 10.6 Å². The Labute approximate surface area is 118 Å². The minimum absolute atomic E-state index is 0.000311. The lowest BCUT2D eigenvalue weighted by Gasteiger charge is -2.22. The number of benzene rings is 1. The standard InChI is InChI=1S/C14H21N3O3/c1-14(2,13(18)15-3)10-16-9-8-11-4-6-12(7-5-11)17(19)20/h4-7,16H,8-10H2,1-3H3,(H,15,18). The first-order valence-corrected chi connectivity index (χ1v) is 6.53. The van der Waals surface area contributed by atoms with Gasteiger partial charge in [0.1, 0.15) is 0 Å². The summed E-state index contributed by atoms with van der Waals surface area (Å²) in [6.07, 6.45) is 0.766. The summed E-state index contributed by atoms with van der Waals surface area (Å²) in [5, 5.41) is 16.4. The van der Waals surface area contributed by atoms with Crippen LogP contribution in [0, 0.1) is 15.5 Å². The molecule has 0 unspecified atom stereocenters. The van der Waals surface area contributed by atoms with E-state index in [-0.39, 0.29) is 11.6 Å². The van der Waals surface area contributed by atoms with Crippen molar-refractivity contribution in [3.8, 4) is 0 Å². The van der Waals surface area contributed by atoms with Crippen molar-refractivity contribution in [1.82, 2.24) is 10.6 Å². The molecule has 0 bridgehead atoms. The molecule has 0 atom stereocenters. The van der Waals surface area contributed by atoms with Gasteiger partial charge >= 0.3 is 0 Å². The number of non-ortho nitro benzene ring substituents is 1. The number of amides is 1. The first kappa shape index (κ1) is 16.1. The third-order valence-corrected chi connectivity index (χ3v) is 3.15. The Morgan fingerprint density at radius 2 is 1.90 bits per heavy atom. The summed E-state index contributed by atoms with van der Waals surface area (Å²) >= 11 is 0. The lowest BCUT2D eigenvalue weighted by atomic mass is 9.92. The largest absolute Gasteiger partial charge is 0.359 e. The monoisotopic (exact) mass is 279 g/mol. The average molecular weight is 279 g/mol. The molecular weight excluding hydrogens is 258 g/mol. The van der Waals surface area contributed by atoms with E-state index in [1.165, 1.54) is 12.1 Å². The number of nitro benzene ring substituents is 1. The minimum Gasteiger partial charge on any atom is -0.359 e. The average Bonchev–Trinajstić information content (AvgIpc) is 2.43. The van der Waals surface area contributed by atoms with Gasteiger partial charge in [-0.3, -0.25) is 14.9 Å². The predicted octanol–water partition coefficient (Wildman–Crippen LogP) is 1.50. The van der Waals surface area contributed by atoms with Crippen molar-refractivity contribution in [1.29, 1.82) is 0 Å². The van der Waals surface area contributed by atoms with Crippen LogP contribution in [0.2, 0.25) is 0 Å². The van der Waals surface area contributed by atoms with Gasteiger partial charge in [-0.2, -0.15) is 0 Å². The summed E-state index contributed by atoms with van der Waals surface area (Å²) in [6, 6.07) is 6.51. The van der Waals surface area contributed by atoms with Crippen LogP contribution in [0.15, 0.2) is 24.3 Å². The maximum atomic E-state index is 11.6. The maximum absolute atomic E-state index is 11.6. The molecule has 0 saturated heterocycles. The van der Waals surface area contributed by atoms with Crippen molar-refractivity contribution in [2.24, 2.45) is 5.41 Å². The molecule has 110 valence electrons. The molecule has 2 N–H and O–H groups in total. The van der Waals surface area contributed by atoms with Gasteiger partial charge in [0.15, 0.2) is 0 Å². The van der Waals surface area contributed by atoms with Crippen molar-refractivity contribution in [2.45, 2.75) is 20.3 Å². The van der Waals surface area contributed by atoms with E-state index in [9.17, 15) is 14.9 Å². The highest BCUT2D eigenvalue weighted by atomic mass is 16.6. The van der Waals surface area contributed by atoms with E-state index < -0.39 is 10.3 Å². The minimum atomic E-state index is -0.454. The topological polar surface area (TPSA) is 84.3 Å². The van der Waals surface area contributed by atoms with Crippen molar-refractivity contribution in [2.75, 3.05) is 20.1 Å². The number of nitrogens with zero attached hydrogens (tertiary/aromatic N) is 1. The quantitative estimate of drug-likeness (QED) is 0.450. The molecule has 0 spiro atoms. The summed E-state index contributed by atoms with van der Waals surface area (Å²) in [7, 11) is 1.63. The van der Waals surface area contributed by atoms with Gasteiger partial charge in [0, 0.05) is 25.7 Å². The Morgan fingerprint density at radius 1 is 1.30 bits per heavy atom. The number of rotatable bonds is 7. The molecule has 1 aromatic rings. The molecule has 0 aromatic heterocycles. The smallest absolute Gasteiger partial charge is 0.269 e. The van der Waals surface area contributed by atoms with E-state index in [1.807, 2.05) is 13.8 Å². The van der Waals surface area contributed by atoms with Crippen LogP contribution in [0.3, 0.4) is 0 Å². The van der Waals surface area contributed by atoms with E-state index in [4.69, 9.17) is 0 Å². The Bertz CT molecular complexity index is 469. The van der Waals surface area contributed by atoms with Gasteiger partial charge in [-0.15, -0.1) is 0 Å². The number of hydrogen-bond acceptors (Lipinski definition) is 4. The van der Waals surface area contributed by atoms with Gasteiger partial charge in [0.05, 0.1) is 10.3 Å². The van der Waals surface area contributed by atoms with Crippen LogP contribution in [0.4, 0.5) is 5.69 Å². The lowest BCUT2D eigenvalue weighted by Crippen LogP contribution is -2.42. The first-order valence-electron chi connectivity index (χ1n) is 6.53. The fourth-order valence-corrected chi connectivity index (χ4v) is 1.84. The van der Waals surface area contributed by atoms with Crippen LogP contribution in [0.25, 0.3) is 0 Å². The van der Waals surface area contributed by atoms with Crippen LogP contribution in [0.5, 0.6) is 0 Å². The normalized spacial score (nSPS) is 11.2. The Hall–Kier alpha value is -1.95. The zero-order valence-electron chi connectivity index (χ0n) is 12.1. The second-order valence-corrected chi connectivity index (χ2v) is 5.31. The first-order chi connectivity index (χ1) is 9.36. The molecule has 0 saturated carbocycles. The van der Waals surface area contributed by atoms with Gasteiger partial charge in [-0.05, 0) is 32.4 Å². The molecule has 0 aliphatic heterocycles. The summed E-state index contributed by atoms with van der Waals surface area (Å²) in [4.78, 5) is 21.7. The molecule has 0 aliphatic carbocycles. The summed E-state index contributed by atoms with van der Waals surface area (Å²) in [6.45, 7) is 5.06. The molecule has 1 rings (SSSR count). The SMILES string of the molecule is CNC(=O)C(C)(C)CNCCc1ccc([N+](=O)[O-])cc1. The molecule has 0 radical (unpaired) electrons. The fraction of sp³-hybridized carbons (Fsp3) is 0.500. The molecule has 20 heavy (non-hydrogen) atoms. The van der Waals surface area contributed by atoms with Crippen LogP contribution in [-0.2, 0) is 11.2 Å². The summed E-state index contributed by atoms with van der Waals surface area (Å²) in [5.74, 6) is 0.000311. The van der Waals surface area contributed by atoms with Gasteiger partial charge in [-0.25, -0.2) is 0 Å². The zero-order chi connectivity index (χ0) is 15.2. The third-order valence-electron chi connectivity index (χ3n) is 3.15. The highest BCUT2D eigenvalue weighted by molar-refractivity contribution is 5.81. The molecule has 6 nitrogen and oxygen atoms in total. The van der Waals surface area contributed by atoms with E-state index in [0.717, 1.165) is 18.5 Å². The van der Waals surface area contributed by atoms with Crippen LogP contribution < -0.4 is 10.6 Å². The molecule has 1 aromatic carbocycles. The highest BCUT2D eigenvalue weighted by Crippen LogP contribution is 2.14. The molecule has 0 fully saturated rings. The van der Waals surface area contributed by atoms with Crippen LogP contribution in [-0.4, -0.2) is 31.0 Å². The number of nitro groups is 1. The van der Waals surface area contributed by atoms with Crippen molar-refractivity contribution in [3.63, 3.8) is 0 Å². The third kappa shape index (κ3) is 4.62. The predicted molar refractivity (Wildman–Crippen MR) is 77.5 cm³/mol. The fourth-order valence-electron chi connectivity index (χ4n) is 1.84. The number of carbonyl (C=O) groups is 1. The maximum Gasteiger partial charge on any atom is 0.269 e. The Kier molecular flexibility index (Phi) is 5.64. The molecule has 6 heteroatoms. The van der Waals surface area contributed by atoms with Gasteiger partial charge in [0.25, 0.3) is 5.69 Å². The number of hydrogen-bond donors (Lipinski definition) is 2. The van der Waals surface area contributed by atoms with Crippen LogP contribution in [0.1, 0.15) is 19.4 Å². The molecule has 0 heterocycles. The van der Waals surface area contributed by atoms with E-state index >= 15 is 0 Å². The second-order valence-electron chi connectivity index (χ2n) is 5.31. The van der Waals surface area contributed by atoms with Crippen LogP contribution >= 0.6 is 0 Å². The number of carbonyl (C=O) groups excluding carboxylic acids is 1. The molecule has 0 aliphatic rings. The number of nitrogens with one attached hydrogen (secondary N) is 2. The summed E-state index contributed by atoms with van der Waals surface area (Å²) in [5.41, 5.74) is 0.674. The summed E-state index contributed by atoms with van der Waals surface area (Å²) < 4.78 is 0. The van der Waals surface area contributed by atoms with E-state index in [0.29, 0.717) is 6.54 Å². The Balaban J connectivity index is 2.38.